The normalized spacial score (nSPS) is 17.4. The SMILES string of the molecule is Cc1c2c(c(C(C)(C)N)c3c1OCC3)OCC2. The molecule has 2 aliphatic rings. The van der Waals surface area contributed by atoms with Crippen molar-refractivity contribution >= 4 is 0 Å². The van der Waals surface area contributed by atoms with E-state index in [2.05, 4.69) is 6.92 Å². The maximum Gasteiger partial charge on any atom is 0.128 e. The molecule has 3 rings (SSSR count). The fraction of sp³-hybridized carbons (Fsp3) is 0.571. The molecule has 1 aromatic carbocycles. The standard InChI is InChI=1S/C14H19NO2/c1-8-9-4-6-17-13(9)11(14(2,3)15)10-5-7-16-12(8)10/h4-7,15H2,1-3H3. The zero-order chi connectivity index (χ0) is 12.2. The fourth-order valence-electron chi connectivity index (χ4n) is 3.02. The van der Waals surface area contributed by atoms with E-state index >= 15 is 0 Å². The summed E-state index contributed by atoms with van der Waals surface area (Å²) in [5, 5.41) is 0. The summed E-state index contributed by atoms with van der Waals surface area (Å²) < 4.78 is 11.6. The molecular weight excluding hydrogens is 214 g/mol. The summed E-state index contributed by atoms with van der Waals surface area (Å²) in [5.41, 5.74) is 10.9. The maximum absolute atomic E-state index is 6.32. The summed E-state index contributed by atoms with van der Waals surface area (Å²) in [6, 6.07) is 0. The van der Waals surface area contributed by atoms with E-state index in [1.54, 1.807) is 0 Å². The molecule has 0 amide bonds. The molecule has 0 radical (unpaired) electrons. The molecule has 0 fully saturated rings. The zero-order valence-electron chi connectivity index (χ0n) is 10.7. The summed E-state index contributed by atoms with van der Waals surface area (Å²) in [4.78, 5) is 0. The van der Waals surface area contributed by atoms with Gasteiger partial charge >= 0.3 is 0 Å². The quantitative estimate of drug-likeness (QED) is 0.807. The smallest absolute Gasteiger partial charge is 0.128 e. The molecule has 0 aromatic heterocycles. The van der Waals surface area contributed by atoms with Gasteiger partial charge in [-0.25, -0.2) is 0 Å². The molecule has 17 heavy (non-hydrogen) atoms. The van der Waals surface area contributed by atoms with Gasteiger partial charge in [0.15, 0.2) is 0 Å². The van der Waals surface area contributed by atoms with Gasteiger partial charge in [0.25, 0.3) is 0 Å². The van der Waals surface area contributed by atoms with Crippen LogP contribution in [0, 0.1) is 6.92 Å². The second kappa shape index (κ2) is 3.39. The van der Waals surface area contributed by atoms with Crippen LogP contribution in [-0.2, 0) is 18.4 Å². The van der Waals surface area contributed by atoms with Gasteiger partial charge in [-0.05, 0) is 26.3 Å². The van der Waals surface area contributed by atoms with E-state index in [0.29, 0.717) is 0 Å². The predicted octanol–water partition coefficient (Wildman–Crippen LogP) is 2.06. The molecule has 3 nitrogen and oxygen atoms in total. The molecule has 1 aromatic rings. The van der Waals surface area contributed by atoms with E-state index in [1.807, 2.05) is 13.8 Å². The Morgan fingerprint density at radius 3 is 2.24 bits per heavy atom. The molecule has 0 saturated heterocycles. The predicted molar refractivity (Wildman–Crippen MR) is 66.8 cm³/mol. The number of hydrogen-bond donors (Lipinski definition) is 1. The lowest BCUT2D eigenvalue weighted by molar-refractivity contribution is 0.344. The van der Waals surface area contributed by atoms with E-state index in [-0.39, 0.29) is 5.54 Å². The van der Waals surface area contributed by atoms with Crippen molar-refractivity contribution in [2.24, 2.45) is 5.73 Å². The topological polar surface area (TPSA) is 44.5 Å². The van der Waals surface area contributed by atoms with E-state index in [0.717, 1.165) is 43.1 Å². The Balaban J connectivity index is 2.34. The lowest BCUT2D eigenvalue weighted by atomic mass is 9.85. The largest absolute Gasteiger partial charge is 0.493 e. The van der Waals surface area contributed by atoms with Crippen LogP contribution in [-0.4, -0.2) is 13.2 Å². The first-order valence-electron chi connectivity index (χ1n) is 6.23. The number of hydrogen-bond acceptors (Lipinski definition) is 3. The summed E-state index contributed by atoms with van der Waals surface area (Å²) in [6.07, 6.45) is 1.92. The van der Waals surface area contributed by atoms with Crippen LogP contribution in [0.5, 0.6) is 11.5 Å². The van der Waals surface area contributed by atoms with E-state index < -0.39 is 0 Å². The summed E-state index contributed by atoms with van der Waals surface area (Å²) >= 11 is 0. The zero-order valence-corrected chi connectivity index (χ0v) is 10.7. The minimum absolute atomic E-state index is 0.375. The first-order chi connectivity index (χ1) is 8.00. The van der Waals surface area contributed by atoms with Crippen LogP contribution in [0.4, 0.5) is 0 Å². The number of benzene rings is 1. The van der Waals surface area contributed by atoms with Gasteiger partial charge in [-0.15, -0.1) is 0 Å². The average Bonchev–Trinajstić information content (AvgIpc) is 2.83. The molecule has 0 aliphatic carbocycles. The second-order valence-corrected chi connectivity index (χ2v) is 5.53. The highest BCUT2D eigenvalue weighted by molar-refractivity contribution is 5.63. The minimum atomic E-state index is -0.375. The van der Waals surface area contributed by atoms with Gasteiger partial charge in [0.2, 0.25) is 0 Å². The first kappa shape index (κ1) is 10.9. The third-order valence-electron chi connectivity index (χ3n) is 3.71. The van der Waals surface area contributed by atoms with Gasteiger partial charge in [0.1, 0.15) is 11.5 Å². The molecular formula is C14H19NO2. The number of nitrogens with two attached hydrogens (primary N) is 1. The van der Waals surface area contributed by atoms with Crippen molar-refractivity contribution in [3.05, 3.63) is 22.3 Å². The molecule has 2 N–H and O–H groups in total. The van der Waals surface area contributed by atoms with Crippen LogP contribution in [0.15, 0.2) is 0 Å². The Labute approximate surface area is 102 Å². The van der Waals surface area contributed by atoms with Crippen molar-refractivity contribution < 1.29 is 9.47 Å². The molecule has 0 spiro atoms. The fourth-order valence-corrected chi connectivity index (χ4v) is 3.02. The molecule has 2 aliphatic heterocycles. The maximum atomic E-state index is 6.32. The Kier molecular flexibility index (Phi) is 2.17. The molecule has 0 bridgehead atoms. The highest BCUT2D eigenvalue weighted by Crippen LogP contribution is 2.47. The van der Waals surface area contributed by atoms with Crippen LogP contribution in [0.3, 0.4) is 0 Å². The number of rotatable bonds is 1. The Hall–Kier alpha value is -1.22. The average molecular weight is 233 g/mol. The van der Waals surface area contributed by atoms with Crippen molar-refractivity contribution in [2.75, 3.05) is 13.2 Å². The van der Waals surface area contributed by atoms with Crippen molar-refractivity contribution in [1.29, 1.82) is 0 Å². The van der Waals surface area contributed by atoms with Crippen molar-refractivity contribution in [3.63, 3.8) is 0 Å². The van der Waals surface area contributed by atoms with Gasteiger partial charge in [0, 0.05) is 35.1 Å². The molecule has 0 unspecified atom stereocenters. The van der Waals surface area contributed by atoms with Crippen LogP contribution >= 0.6 is 0 Å². The molecule has 0 atom stereocenters. The summed E-state index contributed by atoms with van der Waals surface area (Å²) in [5.74, 6) is 2.09. The Morgan fingerprint density at radius 2 is 1.59 bits per heavy atom. The third-order valence-corrected chi connectivity index (χ3v) is 3.71. The Bertz CT molecular complexity index is 451. The Morgan fingerprint density at radius 1 is 1.00 bits per heavy atom. The van der Waals surface area contributed by atoms with E-state index in [4.69, 9.17) is 15.2 Å². The minimum Gasteiger partial charge on any atom is -0.493 e. The lowest BCUT2D eigenvalue weighted by Crippen LogP contribution is -2.30. The monoisotopic (exact) mass is 233 g/mol. The van der Waals surface area contributed by atoms with Gasteiger partial charge < -0.3 is 15.2 Å². The van der Waals surface area contributed by atoms with Gasteiger partial charge in [-0.2, -0.15) is 0 Å². The third kappa shape index (κ3) is 1.45. The number of ether oxygens (including phenoxy) is 2. The lowest BCUT2D eigenvalue weighted by Gasteiger charge is -2.25. The van der Waals surface area contributed by atoms with Crippen molar-refractivity contribution in [1.82, 2.24) is 0 Å². The summed E-state index contributed by atoms with van der Waals surface area (Å²) in [6.45, 7) is 7.74. The van der Waals surface area contributed by atoms with Crippen LogP contribution in [0.2, 0.25) is 0 Å². The highest BCUT2D eigenvalue weighted by Gasteiger charge is 2.34. The van der Waals surface area contributed by atoms with Crippen molar-refractivity contribution in [3.8, 4) is 11.5 Å². The molecule has 92 valence electrons. The van der Waals surface area contributed by atoms with Gasteiger partial charge in [-0.1, -0.05) is 0 Å². The molecule has 2 heterocycles. The van der Waals surface area contributed by atoms with E-state index in [9.17, 15) is 0 Å². The van der Waals surface area contributed by atoms with Gasteiger partial charge in [-0.3, -0.25) is 0 Å². The highest BCUT2D eigenvalue weighted by atomic mass is 16.5. The molecule has 0 saturated carbocycles. The molecule has 3 heteroatoms. The van der Waals surface area contributed by atoms with Crippen LogP contribution in [0.25, 0.3) is 0 Å². The van der Waals surface area contributed by atoms with Crippen LogP contribution < -0.4 is 15.2 Å². The first-order valence-corrected chi connectivity index (χ1v) is 6.23. The van der Waals surface area contributed by atoms with Crippen LogP contribution in [0.1, 0.15) is 36.1 Å². The summed E-state index contributed by atoms with van der Waals surface area (Å²) in [7, 11) is 0. The van der Waals surface area contributed by atoms with E-state index in [1.165, 1.54) is 16.7 Å². The second-order valence-electron chi connectivity index (χ2n) is 5.53. The van der Waals surface area contributed by atoms with Crippen molar-refractivity contribution in [2.45, 2.75) is 39.2 Å². The number of fused-ring (bicyclic) bond motifs is 2. The van der Waals surface area contributed by atoms with Gasteiger partial charge in [0.05, 0.1) is 13.2 Å².